The van der Waals surface area contributed by atoms with E-state index in [9.17, 15) is 18.0 Å². The van der Waals surface area contributed by atoms with Crippen LogP contribution in [-0.4, -0.2) is 54.3 Å². The molecule has 1 unspecified atom stereocenters. The van der Waals surface area contributed by atoms with Crippen molar-refractivity contribution in [1.29, 1.82) is 0 Å². The molecule has 0 rings (SSSR count). The van der Waals surface area contributed by atoms with E-state index in [0.29, 0.717) is 0 Å². The van der Waals surface area contributed by atoms with Crippen LogP contribution >= 0.6 is 0 Å². The van der Waals surface area contributed by atoms with E-state index in [1.54, 1.807) is 6.92 Å². The summed E-state index contributed by atoms with van der Waals surface area (Å²) >= 11 is 0. The number of halogens is 3. The first-order chi connectivity index (χ1) is 8.67. The van der Waals surface area contributed by atoms with E-state index in [0.717, 1.165) is 0 Å². The molecule has 1 amide bonds. The van der Waals surface area contributed by atoms with Gasteiger partial charge < -0.3 is 20.6 Å². The van der Waals surface area contributed by atoms with E-state index >= 15 is 0 Å². The number of nitrogens with zero attached hydrogens (tertiary/aromatic N) is 2. The zero-order valence-corrected chi connectivity index (χ0v) is 10.8. The molecule has 0 aromatic carbocycles. The fourth-order valence-corrected chi connectivity index (χ4v) is 1.25. The molecule has 6 nitrogen and oxygen atoms in total. The number of carbonyl (C=O) groups excluding carboxylic acids is 1. The Bertz CT molecular complexity index is 321. The highest BCUT2D eigenvalue weighted by Gasteiger charge is 2.27. The largest absolute Gasteiger partial charge is 0.411 e. The molecule has 0 fully saturated rings. The highest BCUT2D eigenvalue weighted by Crippen LogP contribution is 2.14. The maximum Gasteiger partial charge on any atom is 0.411 e. The molecule has 0 spiro atoms. The van der Waals surface area contributed by atoms with E-state index in [1.165, 1.54) is 11.9 Å². The number of carbonyl (C=O) groups is 1. The Morgan fingerprint density at radius 3 is 2.58 bits per heavy atom. The van der Waals surface area contributed by atoms with Crippen molar-refractivity contribution in [2.75, 3.05) is 20.3 Å². The van der Waals surface area contributed by atoms with Crippen molar-refractivity contribution in [2.24, 2.45) is 10.9 Å². The molecule has 0 heterocycles. The van der Waals surface area contributed by atoms with Crippen molar-refractivity contribution in [3.05, 3.63) is 0 Å². The van der Waals surface area contributed by atoms with Gasteiger partial charge in [-0.3, -0.25) is 4.79 Å². The van der Waals surface area contributed by atoms with E-state index in [2.05, 4.69) is 9.89 Å². The molecule has 0 aliphatic carbocycles. The Kier molecular flexibility index (Phi) is 7.20. The Labute approximate surface area is 109 Å². The van der Waals surface area contributed by atoms with Crippen LogP contribution in [0.3, 0.4) is 0 Å². The fraction of sp³-hybridized carbons (Fsp3) is 0.800. The zero-order valence-electron chi connectivity index (χ0n) is 10.8. The van der Waals surface area contributed by atoms with Crippen LogP contribution in [0.15, 0.2) is 5.16 Å². The summed E-state index contributed by atoms with van der Waals surface area (Å²) in [5.41, 5.74) is 5.29. The Balaban J connectivity index is 4.00. The molecule has 0 aliphatic heterocycles. The molecule has 0 aliphatic rings. The van der Waals surface area contributed by atoms with Gasteiger partial charge in [0.15, 0.2) is 0 Å². The second kappa shape index (κ2) is 7.82. The maximum atomic E-state index is 11.8. The van der Waals surface area contributed by atoms with E-state index in [4.69, 9.17) is 10.9 Å². The summed E-state index contributed by atoms with van der Waals surface area (Å²) in [6.07, 6.45) is -4.39. The highest BCUT2D eigenvalue weighted by molar-refractivity contribution is 5.81. The van der Waals surface area contributed by atoms with E-state index in [-0.39, 0.29) is 37.2 Å². The Morgan fingerprint density at radius 2 is 2.11 bits per heavy atom. The molecule has 0 saturated carbocycles. The van der Waals surface area contributed by atoms with Gasteiger partial charge in [-0.2, -0.15) is 13.2 Å². The molecule has 0 radical (unpaired) electrons. The summed E-state index contributed by atoms with van der Waals surface area (Å²) in [7, 11) is 1.49. The Hall–Kier alpha value is -1.51. The minimum absolute atomic E-state index is 0.0273. The number of oxime groups is 1. The lowest BCUT2D eigenvalue weighted by molar-refractivity contribution is -0.175. The van der Waals surface area contributed by atoms with Crippen molar-refractivity contribution in [2.45, 2.75) is 32.0 Å². The smallest absolute Gasteiger partial charge is 0.409 e. The van der Waals surface area contributed by atoms with Crippen LogP contribution < -0.4 is 5.73 Å². The second-order valence-electron chi connectivity index (χ2n) is 4.07. The number of amides is 1. The third kappa shape index (κ3) is 8.25. The summed E-state index contributed by atoms with van der Waals surface area (Å²) in [6, 6.07) is -0.328. The van der Waals surface area contributed by atoms with Crippen LogP contribution in [0.1, 0.15) is 19.8 Å². The number of rotatable bonds is 7. The first-order valence-electron chi connectivity index (χ1n) is 5.54. The molecular formula is C10H18F3N3O3. The summed E-state index contributed by atoms with van der Waals surface area (Å²) in [4.78, 5) is 12.9. The second-order valence-corrected chi connectivity index (χ2v) is 4.07. The first kappa shape index (κ1) is 17.5. The van der Waals surface area contributed by atoms with Crippen LogP contribution in [-0.2, 0) is 9.53 Å². The van der Waals surface area contributed by atoms with Crippen molar-refractivity contribution >= 4 is 11.7 Å². The van der Waals surface area contributed by atoms with Gasteiger partial charge in [0.25, 0.3) is 0 Å². The summed E-state index contributed by atoms with van der Waals surface area (Å²) in [5, 5.41) is 11.2. The van der Waals surface area contributed by atoms with Gasteiger partial charge in [0.1, 0.15) is 12.4 Å². The van der Waals surface area contributed by atoms with Crippen molar-refractivity contribution in [3.8, 4) is 0 Å². The normalized spacial score (nSPS) is 14.3. The van der Waals surface area contributed by atoms with Gasteiger partial charge >= 0.3 is 6.18 Å². The average Bonchev–Trinajstić information content (AvgIpc) is 2.31. The molecule has 112 valence electrons. The molecule has 1 atom stereocenters. The molecule has 3 N–H and O–H groups in total. The predicted octanol–water partition coefficient (Wildman–Crippen LogP) is 0.939. The fourth-order valence-electron chi connectivity index (χ4n) is 1.25. The molecular weight excluding hydrogens is 267 g/mol. The highest BCUT2D eigenvalue weighted by atomic mass is 19.4. The lowest BCUT2D eigenvalue weighted by atomic mass is 10.2. The molecule has 0 bridgehead atoms. The van der Waals surface area contributed by atoms with Crippen LogP contribution in [0.4, 0.5) is 13.2 Å². The zero-order chi connectivity index (χ0) is 15.1. The summed E-state index contributed by atoms with van der Waals surface area (Å²) in [6.45, 7) is -0.00481. The van der Waals surface area contributed by atoms with Gasteiger partial charge in [0, 0.05) is 19.5 Å². The lowest BCUT2D eigenvalue weighted by Gasteiger charge is -2.24. The van der Waals surface area contributed by atoms with Crippen LogP contribution in [0, 0.1) is 0 Å². The molecule has 0 aromatic heterocycles. The summed E-state index contributed by atoms with van der Waals surface area (Å²) in [5.74, 6) is -0.402. The van der Waals surface area contributed by atoms with Crippen LogP contribution in [0.5, 0.6) is 0 Å². The quantitative estimate of drug-likeness (QED) is 0.239. The lowest BCUT2D eigenvalue weighted by Crippen LogP contribution is -2.38. The molecule has 19 heavy (non-hydrogen) atoms. The monoisotopic (exact) mass is 285 g/mol. The van der Waals surface area contributed by atoms with Crippen molar-refractivity contribution in [1.82, 2.24) is 4.90 Å². The number of ether oxygens (including phenoxy) is 1. The summed E-state index contributed by atoms with van der Waals surface area (Å²) < 4.78 is 39.7. The first-order valence-corrected chi connectivity index (χ1v) is 5.54. The third-order valence-electron chi connectivity index (χ3n) is 2.41. The number of hydrogen-bond donors (Lipinski definition) is 2. The topological polar surface area (TPSA) is 88.2 Å². The number of amidine groups is 1. The van der Waals surface area contributed by atoms with Gasteiger partial charge in [-0.15, -0.1) is 0 Å². The standard InChI is InChI=1S/C10H18F3N3O3/c1-7(5-8(14)15-18)16(2)9(17)3-4-19-6-10(11,12)13/h7,18H,3-6H2,1-2H3,(H2,14,15). The van der Waals surface area contributed by atoms with Gasteiger partial charge in [-0.1, -0.05) is 5.16 Å². The number of alkyl halides is 3. The maximum absolute atomic E-state index is 11.8. The van der Waals surface area contributed by atoms with Crippen LogP contribution in [0.2, 0.25) is 0 Å². The number of hydrogen-bond acceptors (Lipinski definition) is 4. The minimum Gasteiger partial charge on any atom is -0.409 e. The van der Waals surface area contributed by atoms with Gasteiger partial charge in [-0.25, -0.2) is 0 Å². The van der Waals surface area contributed by atoms with E-state index in [1.807, 2.05) is 0 Å². The third-order valence-corrected chi connectivity index (χ3v) is 2.41. The van der Waals surface area contributed by atoms with Gasteiger partial charge in [-0.05, 0) is 6.92 Å². The van der Waals surface area contributed by atoms with Crippen molar-refractivity contribution in [3.63, 3.8) is 0 Å². The van der Waals surface area contributed by atoms with Crippen molar-refractivity contribution < 1.29 is 27.9 Å². The van der Waals surface area contributed by atoms with Gasteiger partial charge in [0.05, 0.1) is 13.0 Å². The minimum atomic E-state index is -4.39. The van der Waals surface area contributed by atoms with Crippen LogP contribution in [0.25, 0.3) is 0 Å². The van der Waals surface area contributed by atoms with E-state index < -0.39 is 12.8 Å². The van der Waals surface area contributed by atoms with Gasteiger partial charge in [0.2, 0.25) is 5.91 Å². The predicted molar refractivity (Wildman–Crippen MR) is 61.7 cm³/mol. The molecule has 0 saturated heterocycles. The number of nitrogens with two attached hydrogens (primary N) is 1. The Morgan fingerprint density at radius 1 is 1.53 bits per heavy atom. The average molecular weight is 285 g/mol. The molecule has 0 aromatic rings. The molecule has 9 heteroatoms. The SMILES string of the molecule is CC(CC(N)=NO)N(C)C(=O)CCOCC(F)(F)F.